The molecule has 0 bridgehead atoms. The highest BCUT2D eigenvalue weighted by molar-refractivity contribution is 6.29. The molecule has 1 aromatic rings. The molecule has 1 unspecified atom stereocenters. The second-order valence-corrected chi connectivity index (χ2v) is 3.94. The van der Waals surface area contributed by atoms with Gasteiger partial charge in [-0.05, 0) is 30.9 Å². The Labute approximate surface area is 81.7 Å². The number of nitrogens with zero attached hydrogens (tertiary/aromatic N) is 1. The zero-order valence-corrected chi connectivity index (χ0v) is 8.07. The van der Waals surface area contributed by atoms with Crippen molar-refractivity contribution in [3.63, 3.8) is 0 Å². The fourth-order valence-electron chi connectivity index (χ4n) is 1.58. The second kappa shape index (κ2) is 3.23. The zero-order valence-electron chi connectivity index (χ0n) is 6.56. The van der Waals surface area contributed by atoms with Crippen molar-refractivity contribution in [3.05, 3.63) is 28.5 Å². The van der Waals surface area contributed by atoms with Gasteiger partial charge < -0.3 is 0 Å². The summed E-state index contributed by atoms with van der Waals surface area (Å²) in [4.78, 5) is 4.25. The molecule has 1 heterocycles. The molecule has 0 aliphatic heterocycles. The van der Waals surface area contributed by atoms with Crippen LogP contribution in [0.2, 0.25) is 5.15 Å². The molecule has 3 heteroatoms. The molecule has 0 spiro atoms. The minimum absolute atomic E-state index is 0.138. The molecule has 0 N–H and O–H groups in total. The molecule has 0 amide bonds. The quantitative estimate of drug-likeness (QED) is 0.464. The molecule has 1 atom stereocenters. The normalized spacial score (nSPS) is 22.0. The molecule has 0 saturated heterocycles. The molecule has 64 valence electrons. The van der Waals surface area contributed by atoms with Gasteiger partial charge in [0.2, 0.25) is 0 Å². The van der Waals surface area contributed by atoms with Crippen molar-refractivity contribution in [2.24, 2.45) is 0 Å². The van der Waals surface area contributed by atoms with Crippen LogP contribution in [0.25, 0.3) is 0 Å². The Hall–Kier alpha value is -0.270. The molecule has 0 fully saturated rings. The summed E-state index contributed by atoms with van der Waals surface area (Å²) in [6, 6.07) is 3.79. The Bertz CT molecular complexity index is 299. The average molecular weight is 202 g/mol. The predicted molar refractivity (Wildman–Crippen MR) is 50.8 cm³/mol. The highest BCUT2D eigenvalue weighted by Crippen LogP contribution is 2.33. The maximum Gasteiger partial charge on any atom is 0.129 e. The number of pyridine rings is 1. The highest BCUT2D eigenvalue weighted by Gasteiger charge is 2.18. The van der Waals surface area contributed by atoms with E-state index in [4.69, 9.17) is 23.2 Å². The maximum absolute atomic E-state index is 6.12. The molecular weight excluding hydrogens is 193 g/mol. The molecular formula is C9H9Cl2N. The largest absolute Gasteiger partial charge is 0.241 e. The van der Waals surface area contributed by atoms with E-state index in [0.29, 0.717) is 5.15 Å². The lowest BCUT2D eigenvalue weighted by Crippen LogP contribution is -2.07. The van der Waals surface area contributed by atoms with Crippen molar-refractivity contribution in [2.75, 3.05) is 0 Å². The van der Waals surface area contributed by atoms with E-state index >= 15 is 0 Å². The van der Waals surface area contributed by atoms with E-state index in [0.717, 1.165) is 30.5 Å². The van der Waals surface area contributed by atoms with Crippen LogP contribution in [-0.4, -0.2) is 4.98 Å². The van der Waals surface area contributed by atoms with Crippen molar-refractivity contribution < 1.29 is 0 Å². The number of aryl methyl sites for hydroxylation is 1. The number of fused-ring (bicyclic) bond motifs is 1. The summed E-state index contributed by atoms with van der Waals surface area (Å²) < 4.78 is 0. The van der Waals surface area contributed by atoms with Crippen LogP contribution in [0.15, 0.2) is 12.1 Å². The Morgan fingerprint density at radius 2 is 2.25 bits per heavy atom. The van der Waals surface area contributed by atoms with Crippen LogP contribution in [0.4, 0.5) is 0 Å². The number of alkyl halides is 1. The van der Waals surface area contributed by atoms with Crippen molar-refractivity contribution in [1.82, 2.24) is 4.98 Å². The summed E-state index contributed by atoms with van der Waals surface area (Å²) in [7, 11) is 0. The topological polar surface area (TPSA) is 12.9 Å². The van der Waals surface area contributed by atoms with Gasteiger partial charge in [-0.15, -0.1) is 11.6 Å². The minimum Gasteiger partial charge on any atom is -0.241 e. The second-order valence-electron chi connectivity index (χ2n) is 3.03. The number of hydrogen-bond acceptors (Lipinski definition) is 1. The zero-order chi connectivity index (χ0) is 8.55. The van der Waals surface area contributed by atoms with Crippen molar-refractivity contribution in [3.8, 4) is 0 Å². The summed E-state index contributed by atoms with van der Waals surface area (Å²) >= 11 is 11.9. The number of rotatable bonds is 0. The summed E-state index contributed by atoms with van der Waals surface area (Å²) in [6.07, 6.45) is 3.19. The first-order chi connectivity index (χ1) is 5.77. The van der Waals surface area contributed by atoms with Crippen LogP contribution >= 0.6 is 23.2 Å². The Morgan fingerprint density at radius 1 is 1.42 bits per heavy atom. The molecule has 0 saturated carbocycles. The average Bonchev–Trinajstić information content (AvgIpc) is 2.04. The standard InChI is InChI=1S/C9H9Cl2N/c10-7-2-1-3-8-6(7)4-5-9(11)12-8/h4-5,7H,1-3H2. The first-order valence-corrected chi connectivity index (χ1v) is 4.88. The van der Waals surface area contributed by atoms with Gasteiger partial charge in [0, 0.05) is 5.69 Å². The number of halogens is 2. The van der Waals surface area contributed by atoms with E-state index in [1.54, 1.807) is 6.07 Å². The van der Waals surface area contributed by atoms with Crippen LogP contribution in [0, 0.1) is 0 Å². The molecule has 1 aliphatic rings. The third-order valence-corrected chi connectivity index (χ3v) is 2.85. The van der Waals surface area contributed by atoms with Gasteiger partial charge >= 0.3 is 0 Å². The van der Waals surface area contributed by atoms with E-state index < -0.39 is 0 Å². The molecule has 1 nitrogen and oxygen atoms in total. The van der Waals surface area contributed by atoms with Crippen molar-refractivity contribution >= 4 is 23.2 Å². The molecule has 1 aromatic heterocycles. The highest BCUT2D eigenvalue weighted by atomic mass is 35.5. The van der Waals surface area contributed by atoms with Crippen LogP contribution in [0.1, 0.15) is 29.5 Å². The summed E-state index contributed by atoms with van der Waals surface area (Å²) in [5, 5.41) is 0.707. The van der Waals surface area contributed by atoms with Gasteiger partial charge in [-0.25, -0.2) is 4.98 Å². The first-order valence-electron chi connectivity index (χ1n) is 4.07. The van der Waals surface area contributed by atoms with Crippen LogP contribution in [0.3, 0.4) is 0 Å². The van der Waals surface area contributed by atoms with Gasteiger partial charge in [0.05, 0.1) is 5.38 Å². The van der Waals surface area contributed by atoms with E-state index in [9.17, 15) is 0 Å². The third-order valence-electron chi connectivity index (χ3n) is 2.18. The molecule has 1 aliphatic carbocycles. The van der Waals surface area contributed by atoms with Crippen molar-refractivity contribution in [1.29, 1.82) is 0 Å². The van der Waals surface area contributed by atoms with E-state index in [1.165, 1.54) is 0 Å². The predicted octanol–water partition coefficient (Wildman–Crippen LogP) is 3.35. The van der Waals surface area contributed by atoms with Gasteiger partial charge in [0.25, 0.3) is 0 Å². The molecule has 0 radical (unpaired) electrons. The minimum atomic E-state index is 0.138. The summed E-state index contributed by atoms with van der Waals surface area (Å²) in [5.74, 6) is 0. The molecule has 2 rings (SSSR count). The Kier molecular flexibility index (Phi) is 2.24. The van der Waals surface area contributed by atoms with Gasteiger partial charge in [-0.2, -0.15) is 0 Å². The van der Waals surface area contributed by atoms with E-state index in [1.807, 2.05) is 6.07 Å². The van der Waals surface area contributed by atoms with E-state index in [-0.39, 0.29) is 5.38 Å². The lowest BCUT2D eigenvalue weighted by molar-refractivity contribution is 0.651. The lowest BCUT2D eigenvalue weighted by atomic mass is 9.96. The molecule has 0 aromatic carbocycles. The van der Waals surface area contributed by atoms with Crippen LogP contribution < -0.4 is 0 Å². The summed E-state index contributed by atoms with van der Waals surface area (Å²) in [5.41, 5.74) is 2.24. The monoisotopic (exact) mass is 201 g/mol. The third kappa shape index (κ3) is 1.44. The fourth-order valence-corrected chi connectivity index (χ4v) is 2.09. The fraction of sp³-hybridized carbons (Fsp3) is 0.444. The van der Waals surface area contributed by atoms with Crippen molar-refractivity contribution in [2.45, 2.75) is 24.6 Å². The number of hydrogen-bond donors (Lipinski definition) is 0. The SMILES string of the molecule is Clc1ccc2c(n1)CCCC2Cl. The lowest BCUT2D eigenvalue weighted by Gasteiger charge is -2.19. The Balaban J connectivity index is 2.46. The van der Waals surface area contributed by atoms with Crippen LogP contribution in [-0.2, 0) is 6.42 Å². The van der Waals surface area contributed by atoms with Gasteiger partial charge in [-0.1, -0.05) is 17.7 Å². The molecule has 12 heavy (non-hydrogen) atoms. The van der Waals surface area contributed by atoms with Gasteiger partial charge in [0.15, 0.2) is 0 Å². The van der Waals surface area contributed by atoms with Crippen LogP contribution in [0.5, 0.6) is 0 Å². The smallest absolute Gasteiger partial charge is 0.129 e. The van der Waals surface area contributed by atoms with Gasteiger partial charge in [0.1, 0.15) is 5.15 Å². The Morgan fingerprint density at radius 3 is 3.08 bits per heavy atom. The maximum atomic E-state index is 6.12. The van der Waals surface area contributed by atoms with E-state index in [2.05, 4.69) is 4.98 Å². The summed E-state index contributed by atoms with van der Waals surface area (Å²) in [6.45, 7) is 0. The number of aromatic nitrogens is 1. The first kappa shape index (κ1) is 8.33. The van der Waals surface area contributed by atoms with Gasteiger partial charge in [-0.3, -0.25) is 0 Å².